The molecule has 6 heteroatoms. The number of nitrogens with zero attached hydrogens (tertiary/aromatic N) is 1. The molecule has 1 aromatic rings. The average Bonchev–Trinajstić information content (AvgIpc) is 2.83. The minimum atomic E-state index is -0.726. The van der Waals surface area contributed by atoms with Crippen molar-refractivity contribution in [2.75, 3.05) is 6.54 Å². The molecule has 19 heavy (non-hydrogen) atoms. The van der Waals surface area contributed by atoms with Crippen LogP contribution in [0.15, 0.2) is 18.3 Å². The van der Waals surface area contributed by atoms with Gasteiger partial charge in [0.1, 0.15) is 0 Å². The van der Waals surface area contributed by atoms with Gasteiger partial charge in [-0.2, -0.15) is 0 Å². The Morgan fingerprint density at radius 2 is 2.11 bits per heavy atom. The highest BCUT2D eigenvalue weighted by Gasteiger charge is 2.31. The number of halogens is 1. The first-order valence-corrected chi connectivity index (χ1v) is 6.80. The number of carbonyl (C=O) groups is 1. The highest BCUT2D eigenvalue weighted by molar-refractivity contribution is 6.30. The minimum absolute atomic E-state index is 0.294. The van der Waals surface area contributed by atoms with Crippen molar-refractivity contribution in [1.29, 1.82) is 0 Å². The van der Waals surface area contributed by atoms with Crippen LogP contribution in [0.3, 0.4) is 0 Å². The molecule has 2 rings (SSSR count). The molecule has 1 fully saturated rings. The highest BCUT2D eigenvalue weighted by atomic mass is 35.5. The lowest BCUT2D eigenvalue weighted by molar-refractivity contribution is 0.0501. The fraction of sp³-hybridized carbons (Fsp3) is 0.538. The second kappa shape index (κ2) is 6.21. The second-order valence-corrected chi connectivity index (χ2v) is 5.37. The van der Waals surface area contributed by atoms with Gasteiger partial charge in [-0.3, -0.25) is 4.98 Å². The van der Waals surface area contributed by atoms with E-state index in [1.807, 2.05) is 0 Å². The highest BCUT2D eigenvalue weighted by Crippen LogP contribution is 2.28. The number of rotatable bonds is 4. The third-order valence-electron chi connectivity index (χ3n) is 3.33. The normalized spacial score (nSPS) is 17.2. The molecule has 0 bridgehead atoms. The number of carbonyl (C=O) groups excluding carboxylic acids is 1. The van der Waals surface area contributed by atoms with E-state index in [4.69, 9.17) is 11.6 Å². The molecule has 1 aliphatic carbocycles. The van der Waals surface area contributed by atoms with Crippen LogP contribution in [0.2, 0.25) is 5.02 Å². The maximum absolute atomic E-state index is 11.6. The van der Waals surface area contributed by atoms with Crippen LogP contribution in [0, 0.1) is 0 Å². The van der Waals surface area contributed by atoms with Crippen LogP contribution in [0.5, 0.6) is 0 Å². The van der Waals surface area contributed by atoms with Crippen LogP contribution < -0.4 is 10.6 Å². The predicted octanol–water partition coefficient (Wildman–Crippen LogP) is 1.84. The molecule has 0 aliphatic heterocycles. The molecule has 0 unspecified atom stereocenters. The first kappa shape index (κ1) is 14.1. The van der Waals surface area contributed by atoms with E-state index in [2.05, 4.69) is 15.6 Å². The second-order valence-electron chi connectivity index (χ2n) is 4.94. The molecule has 0 saturated heterocycles. The van der Waals surface area contributed by atoms with Gasteiger partial charge in [-0.05, 0) is 25.0 Å². The van der Waals surface area contributed by atoms with Crippen LogP contribution >= 0.6 is 11.6 Å². The van der Waals surface area contributed by atoms with Gasteiger partial charge in [-0.25, -0.2) is 4.79 Å². The topological polar surface area (TPSA) is 74.2 Å². The Morgan fingerprint density at radius 3 is 2.74 bits per heavy atom. The SMILES string of the molecule is O=C(NCc1ccc(Cl)cn1)NCC1(O)CCCC1. The lowest BCUT2D eigenvalue weighted by Crippen LogP contribution is -2.44. The van der Waals surface area contributed by atoms with Gasteiger partial charge < -0.3 is 15.7 Å². The summed E-state index contributed by atoms with van der Waals surface area (Å²) in [7, 11) is 0. The fourth-order valence-electron chi connectivity index (χ4n) is 2.20. The number of aromatic nitrogens is 1. The largest absolute Gasteiger partial charge is 0.388 e. The summed E-state index contributed by atoms with van der Waals surface area (Å²) in [6.07, 6.45) is 5.10. The standard InChI is InChI=1S/C13H18ClN3O2/c14-10-3-4-11(15-7-10)8-16-12(18)17-9-13(19)5-1-2-6-13/h3-4,7,19H,1-2,5-6,8-9H2,(H2,16,17,18). The Morgan fingerprint density at radius 1 is 1.37 bits per heavy atom. The maximum Gasteiger partial charge on any atom is 0.315 e. The fourth-order valence-corrected chi connectivity index (χ4v) is 2.31. The summed E-state index contributed by atoms with van der Waals surface area (Å²) in [4.78, 5) is 15.7. The Bertz CT molecular complexity index is 430. The molecule has 2 amide bonds. The van der Waals surface area contributed by atoms with E-state index in [0.717, 1.165) is 31.4 Å². The number of nitrogens with one attached hydrogen (secondary N) is 2. The number of hydrogen-bond donors (Lipinski definition) is 3. The molecule has 0 aromatic carbocycles. The van der Waals surface area contributed by atoms with E-state index >= 15 is 0 Å². The van der Waals surface area contributed by atoms with Crippen molar-refractivity contribution in [1.82, 2.24) is 15.6 Å². The number of amides is 2. The van der Waals surface area contributed by atoms with Crippen molar-refractivity contribution in [2.45, 2.75) is 37.8 Å². The number of aliphatic hydroxyl groups is 1. The van der Waals surface area contributed by atoms with Gasteiger partial charge >= 0.3 is 6.03 Å². The van der Waals surface area contributed by atoms with Gasteiger partial charge in [0.2, 0.25) is 0 Å². The lowest BCUT2D eigenvalue weighted by Gasteiger charge is -2.22. The Hall–Kier alpha value is -1.33. The molecule has 0 spiro atoms. The average molecular weight is 284 g/mol. The molecule has 1 aliphatic rings. The molecular weight excluding hydrogens is 266 g/mol. The van der Waals surface area contributed by atoms with Crippen LogP contribution in [-0.2, 0) is 6.54 Å². The summed E-state index contributed by atoms with van der Waals surface area (Å²) in [5, 5.41) is 16.0. The van der Waals surface area contributed by atoms with Crippen LogP contribution in [-0.4, -0.2) is 28.3 Å². The molecule has 3 N–H and O–H groups in total. The van der Waals surface area contributed by atoms with Crippen molar-refractivity contribution >= 4 is 17.6 Å². The van der Waals surface area contributed by atoms with E-state index in [1.165, 1.54) is 6.20 Å². The van der Waals surface area contributed by atoms with Crippen LogP contribution in [0.25, 0.3) is 0 Å². The Kier molecular flexibility index (Phi) is 4.61. The summed E-state index contributed by atoms with van der Waals surface area (Å²) in [6.45, 7) is 0.633. The Balaban J connectivity index is 1.71. The summed E-state index contributed by atoms with van der Waals surface area (Å²) in [5.74, 6) is 0. The maximum atomic E-state index is 11.6. The molecule has 5 nitrogen and oxygen atoms in total. The number of pyridine rings is 1. The van der Waals surface area contributed by atoms with Crippen LogP contribution in [0.1, 0.15) is 31.4 Å². The van der Waals surface area contributed by atoms with Crippen LogP contribution in [0.4, 0.5) is 4.79 Å². The summed E-state index contributed by atoms with van der Waals surface area (Å²) >= 11 is 5.72. The van der Waals surface area contributed by atoms with E-state index in [9.17, 15) is 9.90 Å². The summed E-state index contributed by atoms with van der Waals surface area (Å²) in [6, 6.07) is 3.19. The Labute approximate surface area is 117 Å². The van der Waals surface area contributed by atoms with Crippen molar-refractivity contribution in [2.24, 2.45) is 0 Å². The molecule has 1 saturated carbocycles. The van der Waals surface area contributed by atoms with E-state index in [0.29, 0.717) is 18.1 Å². The van der Waals surface area contributed by atoms with E-state index in [1.54, 1.807) is 12.1 Å². The van der Waals surface area contributed by atoms with Crippen molar-refractivity contribution in [3.05, 3.63) is 29.0 Å². The van der Waals surface area contributed by atoms with Gasteiger partial charge in [-0.15, -0.1) is 0 Å². The number of hydrogen-bond acceptors (Lipinski definition) is 3. The molecular formula is C13H18ClN3O2. The van der Waals surface area contributed by atoms with Gasteiger partial charge in [0, 0.05) is 12.7 Å². The van der Waals surface area contributed by atoms with Gasteiger partial charge in [0.15, 0.2) is 0 Å². The quantitative estimate of drug-likeness (QED) is 0.789. The third-order valence-corrected chi connectivity index (χ3v) is 3.55. The zero-order valence-corrected chi connectivity index (χ0v) is 11.4. The van der Waals surface area contributed by atoms with Gasteiger partial charge in [0.05, 0.1) is 22.9 Å². The minimum Gasteiger partial charge on any atom is -0.388 e. The third kappa shape index (κ3) is 4.36. The molecule has 104 valence electrons. The van der Waals surface area contributed by atoms with E-state index in [-0.39, 0.29) is 6.03 Å². The smallest absolute Gasteiger partial charge is 0.315 e. The zero-order valence-electron chi connectivity index (χ0n) is 10.7. The zero-order chi connectivity index (χ0) is 13.7. The van der Waals surface area contributed by atoms with Crippen molar-refractivity contribution < 1.29 is 9.90 Å². The van der Waals surface area contributed by atoms with E-state index < -0.39 is 5.60 Å². The van der Waals surface area contributed by atoms with Gasteiger partial charge in [-0.1, -0.05) is 24.4 Å². The summed E-state index contributed by atoms with van der Waals surface area (Å²) < 4.78 is 0. The molecule has 0 atom stereocenters. The predicted molar refractivity (Wildman–Crippen MR) is 72.9 cm³/mol. The molecule has 0 radical (unpaired) electrons. The summed E-state index contributed by atoms with van der Waals surface area (Å²) in [5.41, 5.74) is 0.00898. The molecule has 1 heterocycles. The first-order chi connectivity index (χ1) is 9.07. The molecule has 1 aromatic heterocycles. The number of urea groups is 1. The van der Waals surface area contributed by atoms with Crippen molar-refractivity contribution in [3.8, 4) is 0 Å². The first-order valence-electron chi connectivity index (χ1n) is 6.42. The monoisotopic (exact) mass is 283 g/mol. The van der Waals surface area contributed by atoms with Crippen molar-refractivity contribution in [3.63, 3.8) is 0 Å². The lowest BCUT2D eigenvalue weighted by atomic mass is 10.0. The van der Waals surface area contributed by atoms with Gasteiger partial charge in [0.25, 0.3) is 0 Å².